The first-order valence-corrected chi connectivity index (χ1v) is 8.81. The number of carbonyl (C=O) groups excluding carboxylic acids is 3. The summed E-state index contributed by atoms with van der Waals surface area (Å²) in [7, 11) is 0. The first-order valence-electron chi connectivity index (χ1n) is 8.06. The summed E-state index contributed by atoms with van der Waals surface area (Å²) in [6, 6.07) is 4.72. The van der Waals surface area contributed by atoms with Crippen molar-refractivity contribution in [1.29, 1.82) is 0 Å². The van der Waals surface area contributed by atoms with Crippen molar-refractivity contribution in [3.63, 3.8) is 0 Å². The maximum Gasteiger partial charge on any atom is 0.244 e. The van der Waals surface area contributed by atoms with Crippen molar-refractivity contribution >= 4 is 46.6 Å². The van der Waals surface area contributed by atoms with Gasteiger partial charge in [0.1, 0.15) is 6.54 Å². The summed E-state index contributed by atoms with van der Waals surface area (Å²) in [5, 5.41) is 3.41. The molecule has 0 unspecified atom stereocenters. The van der Waals surface area contributed by atoms with Crippen molar-refractivity contribution < 1.29 is 14.4 Å². The summed E-state index contributed by atoms with van der Waals surface area (Å²) >= 11 is 11.8. The van der Waals surface area contributed by atoms with Gasteiger partial charge >= 0.3 is 0 Å². The Morgan fingerprint density at radius 3 is 2.33 bits per heavy atom. The molecule has 2 bridgehead atoms. The molecule has 24 heavy (non-hydrogen) atoms. The fourth-order valence-electron chi connectivity index (χ4n) is 4.55. The molecule has 1 heterocycles. The van der Waals surface area contributed by atoms with Crippen molar-refractivity contribution in [2.75, 3.05) is 11.9 Å². The largest absolute Gasteiger partial charge is 0.323 e. The number of benzene rings is 1. The Morgan fingerprint density at radius 2 is 1.75 bits per heavy atom. The molecule has 1 N–H and O–H groups in total. The summed E-state index contributed by atoms with van der Waals surface area (Å²) in [4.78, 5) is 38.5. The van der Waals surface area contributed by atoms with Crippen molar-refractivity contribution in [2.24, 2.45) is 23.7 Å². The lowest BCUT2D eigenvalue weighted by atomic mass is 9.81. The van der Waals surface area contributed by atoms with Gasteiger partial charge in [0.05, 0.1) is 22.5 Å². The van der Waals surface area contributed by atoms with E-state index in [4.69, 9.17) is 23.2 Å². The number of rotatable bonds is 3. The van der Waals surface area contributed by atoms with Crippen LogP contribution in [0.15, 0.2) is 18.2 Å². The molecular weight excluding hydrogens is 351 g/mol. The predicted octanol–water partition coefficient (Wildman–Crippen LogP) is 2.96. The number of nitrogens with one attached hydrogen (secondary N) is 1. The molecule has 1 aromatic carbocycles. The van der Waals surface area contributed by atoms with Gasteiger partial charge in [-0.15, -0.1) is 0 Å². The topological polar surface area (TPSA) is 66.5 Å². The van der Waals surface area contributed by atoms with Crippen molar-refractivity contribution in [3.05, 3.63) is 28.2 Å². The van der Waals surface area contributed by atoms with Crippen LogP contribution in [-0.4, -0.2) is 29.2 Å². The highest BCUT2D eigenvalue weighted by molar-refractivity contribution is 6.36. The number of carbonyl (C=O) groups is 3. The molecule has 1 aromatic rings. The first kappa shape index (κ1) is 15.9. The van der Waals surface area contributed by atoms with E-state index in [1.165, 1.54) is 6.07 Å². The Kier molecular flexibility index (Phi) is 3.81. The summed E-state index contributed by atoms with van der Waals surface area (Å²) < 4.78 is 0. The fourth-order valence-corrected chi connectivity index (χ4v) is 5.01. The Hall–Kier alpha value is -1.59. The molecule has 0 radical (unpaired) electrons. The maximum atomic E-state index is 12.6. The van der Waals surface area contributed by atoms with Gasteiger partial charge in [-0.1, -0.05) is 23.2 Å². The molecule has 7 heteroatoms. The van der Waals surface area contributed by atoms with Crippen molar-refractivity contribution in [2.45, 2.75) is 19.3 Å². The van der Waals surface area contributed by atoms with Crippen LogP contribution in [0.3, 0.4) is 0 Å². The molecule has 1 saturated heterocycles. The quantitative estimate of drug-likeness (QED) is 0.836. The minimum atomic E-state index is -0.437. The van der Waals surface area contributed by atoms with Gasteiger partial charge in [0.25, 0.3) is 0 Å². The number of anilines is 1. The highest BCUT2D eigenvalue weighted by Crippen LogP contribution is 2.56. The third-order valence-corrected chi connectivity index (χ3v) is 6.07. The molecule has 126 valence electrons. The van der Waals surface area contributed by atoms with Crippen LogP contribution in [-0.2, 0) is 14.4 Å². The van der Waals surface area contributed by atoms with Gasteiger partial charge in [-0.25, -0.2) is 0 Å². The van der Waals surface area contributed by atoms with Crippen LogP contribution in [0.1, 0.15) is 19.3 Å². The van der Waals surface area contributed by atoms with Crippen molar-refractivity contribution in [1.82, 2.24) is 4.90 Å². The number of hydrogen-bond acceptors (Lipinski definition) is 3. The number of fused-ring (bicyclic) bond motifs is 5. The third kappa shape index (κ3) is 2.42. The minimum Gasteiger partial charge on any atom is -0.323 e. The molecule has 5 nitrogen and oxygen atoms in total. The van der Waals surface area contributed by atoms with Crippen LogP contribution in [0.2, 0.25) is 10.0 Å². The van der Waals surface area contributed by atoms with Crippen molar-refractivity contribution in [3.8, 4) is 0 Å². The van der Waals surface area contributed by atoms with E-state index in [0.29, 0.717) is 27.6 Å². The summed E-state index contributed by atoms with van der Waals surface area (Å²) in [5.41, 5.74) is 0.408. The summed E-state index contributed by atoms with van der Waals surface area (Å²) in [5.74, 6) is -0.589. The maximum absolute atomic E-state index is 12.6. The standard InChI is InChI=1S/C17H16Cl2N2O3/c18-10-3-4-12(11(19)6-10)20-13(22)7-21-16(23)14-8-1-2-9(5-8)15(14)17(21)24/h3-4,6,8-9,14-15H,1-2,5,7H2,(H,20,22)/t8-,9+,14-,15-/m0/s1. The lowest BCUT2D eigenvalue weighted by Gasteiger charge is -2.19. The Balaban J connectivity index is 1.46. The second kappa shape index (κ2) is 5.74. The molecule has 4 rings (SSSR count). The Morgan fingerprint density at radius 1 is 1.12 bits per heavy atom. The molecule has 2 saturated carbocycles. The SMILES string of the molecule is O=C(CN1C(=O)[C@H]2[C@@H]3CC[C@@H](C3)[C@@H]2C1=O)Nc1ccc(Cl)cc1Cl. The third-order valence-electron chi connectivity index (χ3n) is 5.53. The number of amides is 3. The summed E-state index contributed by atoms with van der Waals surface area (Å²) in [6.45, 7) is -0.261. The average Bonchev–Trinajstić information content (AvgIpc) is 3.20. The van der Waals surface area contributed by atoms with Crippen LogP contribution in [0, 0.1) is 23.7 Å². The smallest absolute Gasteiger partial charge is 0.244 e. The Bertz CT molecular complexity index is 723. The molecule has 0 aromatic heterocycles. The molecule has 3 amide bonds. The average molecular weight is 367 g/mol. The van der Waals surface area contributed by atoms with E-state index in [1.54, 1.807) is 12.1 Å². The number of nitrogens with zero attached hydrogens (tertiary/aromatic N) is 1. The lowest BCUT2D eigenvalue weighted by molar-refractivity contribution is -0.143. The zero-order chi connectivity index (χ0) is 17.0. The highest BCUT2D eigenvalue weighted by atomic mass is 35.5. The van der Waals surface area contributed by atoms with E-state index < -0.39 is 5.91 Å². The van der Waals surface area contributed by atoms with Crippen LogP contribution >= 0.6 is 23.2 Å². The van der Waals surface area contributed by atoms with Crippen LogP contribution in [0.25, 0.3) is 0 Å². The lowest BCUT2D eigenvalue weighted by Crippen LogP contribution is -2.39. The Labute approximate surface area is 149 Å². The van der Waals surface area contributed by atoms with Gasteiger partial charge in [0, 0.05) is 5.02 Å². The molecule has 4 atom stereocenters. The van der Waals surface area contributed by atoms with Crippen LogP contribution in [0.4, 0.5) is 5.69 Å². The molecule has 0 spiro atoms. The minimum absolute atomic E-state index is 0.186. The number of hydrogen-bond donors (Lipinski definition) is 1. The van der Waals surface area contributed by atoms with E-state index in [1.807, 2.05) is 0 Å². The van der Waals surface area contributed by atoms with Crippen LogP contribution < -0.4 is 5.32 Å². The molecule has 2 aliphatic carbocycles. The van der Waals surface area contributed by atoms with Gasteiger partial charge in [0.15, 0.2) is 0 Å². The van der Waals surface area contributed by atoms with Gasteiger partial charge in [-0.3, -0.25) is 19.3 Å². The van der Waals surface area contributed by atoms with Gasteiger partial charge in [-0.2, -0.15) is 0 Å². The second-order valence-corrected chi connectivity index (χ2v) is 7.66. The van der Waals surface area contributed by atoms with Gasteiger partial charge in [-0.05, 0) is 49.3 Å². The van der Waals surface area contributed by atoms with Crippen LogP contribution in [0.5, 0.6) is 0 Å². The van der Waals surface area contributed by atoms with E-state index in [2.05, 4.69) is 5.32 Å². The molecular formula is C17H16Cl2N2O3. The summed E-state index contributed by atoms with van der Waals surface area (Å²) in [6.07, 6.45) is 3.02. The van der Waals surface area contributed by atoms with E-state index in [-0.39, 0.29) is 30.2 Å². The zero-order valence-corrected chi connectivity index (χ0v) is 14.3. The first-order chi connectivity index (χ1) is 11.5. The molecule has 1 aliphatic heterocycles. The molecule has 3 aliphatic rings. The number of likely N-dealkylation sites (tertiary alicyclic amines) is 1. The van der Waals surface area contributed by atoms with Gasteiger partial charge < -0.3 is 5.32 Å². The normalized spacial score (nSPS) is 30.8. The fraction of sp³-hybridized carbons (Fsp3) is 0.471. The monoisotopic (exact) mass is 366 g/mol. The number of halogens is 2. The van der Waals surface area contributed by atoms with Gasteiger partial charge in [0.2, 0.25) is 17.7 Å². The van der Waals surface area contributed by atoms with E-state index in [0.717, 1.165) is 24.2 Å². The second-order valence-electron chi connectivity index (χ2n) is 6.82. The highest BCUT2D eigenvalue weighted by Gasteiger charge is 2.60. The van der Waals surface area contributed by atoms with E-state index >= 15 is 0 Å². The number of imide groups is 1. The zero-order valence-electron chi connectivity index (χ0n) is 12.8. The molecule has 3 fully saturated rings. The predicted molar refractivity (Wildman–Crippen MR) is 89.6 cm³/mol. The van der Waals surface area contributed by atoms with E-state index in [9.17, 15) is 14.4 Å².